The molecular weight excluding hydrogens is 336 g/mol. The Bertz CT molecular complexity index is 954. The number of hydrogen-bond donors (Lipinski definition) is 0. The molecule has 0 saturated carbocycles. The normalized spacial score (nSPS) is 19.0. The van der Waals surface area contributed by atoms with Crippen LogP contribution in [-0.4, -0.2) is 27.9 Å². The molecule has 0 unspecified atom stereocenters. The quantitative estimate of drug-likeness (QED) is 0.850. The summed E-state index contributed by atoms with van der Waals surface area (Å²) >= 11 is 0. The Morgan fingerprint density at radius 2 is 1.88 bits per heavy atom. The first-order valence-corrected chi connectivity index (χ1v) is 9.87. The summed E-state index contributed by atoms with van der Waals surface area (Å²) in [5, 5.41) is 0. The van der Waals surface area contributed by atoms with Crippen LogP contribution in [0.4, 0.5) is 11.4 Å². The Morgan fingerprint density at radius 3 is 2.60 bits per heavy atom. The van der Waals surface area contributed by atoms with Crippen molar-refractivity contribution in [2.75, 3.05) is 22.8 Å². The zero-order chi connectivity index (χ0) is 17.8. The van der Waals surface area contributed by atoms with Crippen LogP contribution >= 0.6 is 0 Å². The second kappa shape index (κ2) is 5.59. The fourth-order valence-electron chi connectivity index (χ4n) is 3.75. The van der Waals surface area contributed by atoms with E-state index >= 15 is 0 Å². The second-order valence-corrected chi connectivity index (χ2v) is 8.61. The minimum Gasteiger partial charge on any atom is -0.311 e. The van der Waals surface area contributed by atoms with Crippen LogP contribution in [0.1, 0.15) is 30.4 Å². The van der Waals surface area contributed by atoms with E-state index in [9.17, 15) is 13.2 Å². The van der Waals surface area contributed by atoms with Crippen LogP contribution < -0.4 is 9.21 Å². The number of nitrogens with zero attached hydrogens (tertiary/aromatic N) is 2. The summed E-state index contributed by atoms with van der Waals surface area (Å²) in [6.07, 6.45) is 1.67. The van der Waals surface area contributed by atoms with Gasteiger partial charge in [-0.05, 0) is 55.2 Å². The van der Waals surface area contributed by atoms with Crippen molar-refractivity contribution in [3.8, 4) is 0 Å². The Hall–Kier alpha value is -2.34. The van der Waals surface area contributed by atoms with E-state index in [2.05, 4.69) is 0 Å². The molecule has 0 saturated heterocycles. The number of sulfonamides is 1. The highest BCUT2D eigenvalue weighted by atomic mass is 32.2. The highest BCUT2D eigenvalue weighted by Crippen LogP contribution is 2.44. The van der Waals surface area contributed by atoms with Gasteiger partial charge in [-0.1, -0.05) is 18.2 Å². The van der Waals surface area contributed by atoms with Crippen LogP contribution in [0.25, 0.3) is 0 Å². The van der Waals surface area contributed by atoms with E-state index in [1.54, 1.807) is 31.3 Å². The molecule has 2 aliphatic rings. The van der Waals surface area contributed by atoms with Crippen molar-refractivity contribution >= 4 is 27.3 Å². The number of carbonyl (C=O) groups is 1. The van der Waals surface area contributed by atoms with Gasteiger partial charge in [-0.25, -0.2) is 8.42 Å². The summed E-state index contributed by atoms with van der Waals surface area (Å²) in [5.74, 6) is -0.217. The van der Waals surface area contributed by atoms with Crippen LogP contribution in [0, 0.1) is 0 Å². The zero-order valence-electron chi connectivity index (χ0n) is 14.3. The molecular formula is C19H20N2O3S. The molecule has 4 rings (SSSR count). The van der Waals surface area contributed by atoms with Gasteiger partial charge in [0.15, 0.2) is 0 Å². The molecule has 0 N–H and O–H groups in total. The molecule has 0 aromatic heterocycles. The van der Waals surface area contributed by atoms with Gasteiger partial charge in [-0.3, -0.25) is 9.10 Å². The zero-order valence-corrected chi connectivity index (χ0v) is 15.1. The van der Waals surface area contributed by atoms with Crippen molar-refractivity contribution in [2.24, 2.45) is 0 Å². The minimum atomic E-state index is -3.68. The van der Waals surface area contributed by atoms with E-state index in [-0.39, 0.29) is 16.7 Å². The lowest BCUT2D eigenvalue weighted by Crippen LogP contribution is -2.32. The molecule has 1 atom stereocenters. The van der Waals surface area contributed by atoms with Crippen molar-refractivity contribution in [2.45, 2.75) is 30.6 Å². The third-order valence-corrected chi connectivity index (χ3v) is 6.93. The summed E-state index contributed by atoms with van der Waals surface area (Å²) in [5.41, 5.74) is 3.34. The SMILES string of the molecule is C[C@@H]1C(=O)N2CCCc3cc(S(=O)(=O)N(C)c4ccccc4)cc1c32. The molecule has 6 heteroatoms. The molecule has 5 nitrogen and oxygen atoms in total. The van der Waals surface area contributed by atoms with Gasteiger partial charge in [0, 0.05) is 13.6 Å². The van der Waals surface area contributed by atoms with E-state index in [1.165, 1.54) is 4.31 Å². The topological polar surface area (TPSA) is 57.7 Å². The number of amides is 1. The first-order valence-electron chi connectivity index (χ1n) is 8.43. The average Bonchev–Trinajstić information content (AvgIpc) is 2.88. The van der Waals surface area contributed by atoms with Gasteiger partial charge in [-0.15, -0.1) is 0 Å². The lowest BCUT2D eigenvalue weighted by Gasteiger charge is -2.26. The van der Waals surface area contributed by atoms with Crippen LogP contribution in [-0.2, 0) is 21.2 Å². The third-order valence-electron chi connectivity index (χ3n) is 5.17. The maximum Gasteiger partial charge on any atom is 0.264 e. The molecule has 2 heterocycles. The van der Waals surface area contributed by atoms with Crippen LogP contribution in [0.5, 0.6) is 0 Å². The molecule has 2 aromatic rings. The van der Waals surface area contributed by atoms with E-state index in [1.807, 2.05) is 30.0 Å². The van der Waals surface area contributed by atoms with E-state index < -0.39 is 10.0 Å². The van der Waals surface area contributed by atoms with Gasteiger partial charge in [0.2, 0.25) is 5.91 Å². The Labute approximate surface area is 147 Å². The largest absolute Gasteiger partial charge is 0.311 e. The lowest BCUT2D eigenvalue weighted by molar-refractivity contribution is -0.119. The van der Waals surface area contributed by atoms with Gasteiger partial charge in [-0.2, -0.15) is 0 Å². The van der Waals surface area contributed by atoms with Crippen LogP contribution in [0.15, 0.2) is 47.4 Å². The number of rotatable bonds is 3. The Kier molecular flexibility index (Phi) is 3.61. The average molecular weight is 356 g/mol. The number of anilines is 2. The van der Waals surface area contributed by atoms with Crippen molar-refractivity contribution in [3.63, 3.8) is 0 Å². The molecule has 0 radical (unpaired) electrons. The maximum atomic E-state index is 13.1. The molecule has 0 aliphatic carbocycles. The highest BCUT2D eigenvalue weighted by Gasteiger charge is 2.39. The highest BCUT2D eigenvalue weighted by molar-refractivity contribution is 7.92. The van der Waals surface area contributed by atoms with Crippen LogP contribution in [0.3, 0.4) is 0 Å². The minimum absolute atomic E-state index is 0.0712. The first kappa shape index (κ1) is 16.1. The third kappa shape index (κ3) is 2.35. The summed E-state index contributed by atoms with van der Waals surface area (Å²) in [6.45, 7) is 2.58. The number of aryl methyl sites for hydroxylation is 1. The van der Waals surface area contributed by atoms with Gasteiger partial charge in [0.25, 0.3) is 10.0 Å². The maximum absolute atomic E-state index is 13.1. The number of hydrogen-bond acceptors (Lipinski definition) is 3. The fraction of sp³-hybridized carbons (Fsp3) is 0.316. The molecule has 0 fully saturated rings. The molecule has 0 spiro atoms. The van der Waals surface area contributed by atoms with Gasteiger partial charge < -0.3 is 4.90 Å². The van der Waals surface area contributed by atoms with Crippen molar-refractivity contribution < 1.29 is 13.2 Å². The predicted molar refractivity (Wildman–Crippen MR) is 97.6 cm³/mol. The van der Waals surface area contributed by atoms with Crippen LogP contribution in [0.2, 0.25) is 0 Å². The van der Waals surface area contributed by atoms with Crippen molar-refractivity contribution in [1.82, 2.24) is 0 Å². The monoisotopic (exact) mass is 356 g/mol. The fourth-order valence-corrected chi connectivity index (χ4v) is 5.03. The molecule has 2 aromatic carbocycles. The second-order valence-electron chi connectivity index (χ2n) is 6.64. The molecule has 2 aliphatic heterocycles. The van der Waals surface area contributed by atoms with Gasteiger partial charge >= 0.3 is 0 Å². The summed E-state index contributed by atoms with van der Waals surface area (Å²) in [6, 6.07) is 12.4. The summed E-state index contributed by atoms with van der Waals surface area (Å²) in [7, 11) is -2.12. The van der Waals surface area contributed by atoms with Gasteiger partial charge in [0.1, 0.15) is 0 Å². The molecule has 0 bridgehead atoms. The van der Waals surface area contributed by atoms with E-state index in [0.717, 1.165) is 36.2 Å². The van der Waals surface area contributed by atoms with Crippen molar-refractivity contribution in [1.29, 1.82) is 0 Å². The predicted octanol–water partition coefficient (Wildman–Crippen LogP) is 2.91. The lowest BCUT2D eigenvalue weighted by atomic mass is 9.97. The molecule has 25 heavy (non-hydrogen) atoms. The smallest absolute Gasteiger partial charge is 0.264 e. The van der Waals surface area contributed by atoms with E-state index in [4.69, 9.17) is 0 Å². The molecule has 1 amide bonds. The van der Waals surface area contributed by atoms with Gasteiger partial charge in [0.05, 0.1) is 22.2 Å². The standard InChI is InChI=1S/C19H20N2O3S/c1-13-17-12-16(11-14-7-6-10-21(18(14)17)19(13)22)25(23,24)20(2)15-8-4-3-5-9-15/h3-5,8-9,11-13H,6-7,10H2,1-2H3/t13-/m0/s1. The van der Waals surface area contributed by atoms with Crippen molar-refractivity contribution in [3.05, 3.63) is 53.6 Å². The van der Waals surface area contributed by atoms with E-state index in [0.29, 0.717) is 5.69 Å². The Morgan fingerprint density at radius 1 is 1.16 bits per heavy atom. The first-order chi connectivity index (χ1) is 11.9. The number of carbonyl (C=O) groups excluding carboxylic acids is 1. The molecule has 130 valence electrons. The Balaban J connectivity index is 1.84. The number of benzene rings is 2. The number of para-hydroxylation sites is 1. The summed E-state index contributed by atoms with van der Waals surface area (Å²) < 4.78 is 27.5. The summed E-state index contributed by atoms with van der Waals surface area (Å²) in [4.78, 5) is 14.5.